The Morgan fingerprint density at radius 2 is 1.92 bits per heavy atom. The van der Waals surface area contributed by atoms with Gasteiger partial charge in [0.25, 0.3) is 0 Å². The van der Waals surface area contributed by atoms with E-state index in [0.717, 1.165) is 11.3 Å². The van der Waals surface area contributed by atoms with E-state index >= 15 is 0 Å². The summed E-state index contributed by atoms with van der Waals surface area (Å²) in [6.45, 7) is 3.80. The molecular formula is C18H19N5O2S. The van der Waals surface area contributed by atoms with Crippen LogP contribution in [0.4, 0.5) is 5.69 Å². The van der Waals surface area contributed by atoms with Crippen LogP contribution in [0.5, 0.6) is 5.75 Å². The lowest BCUT2D eigenvalue weighted by atomic mass is 10.2. The average molecular weight is 369 g/mol. The van der Waals surface area contributed by atoms with Gasteiger partial charge in [0.2, 0.25) is 11.1 Å². The number of hydrogen-bond donors (Lipinski definition) is 1. The highest BCUT2D eigenvalue weighted by atomic mass is 32.2. The Morgan fingerprint density at radius 3 is 2.69 bits per heavy atom. The molecule has 0 aliphatic carbocycles. The fourth-order valence-corrected chi connectivity index (χ4v) is 3.20. The maximum atomic E-state index is 12.6. The van der Waals surface area contributed by atoms with Crippen LogP contribution in [0.2, 0.25) is 0 Å². The summed E-state index contributed by atoms with van der Waals surface area (Å²) in [4.78, 5) is 12.6. The van der Waals surface area contributed by atoms with E-state index in [1.54, 1.807) is 23.9 Å². The van der Waals surface area contributed by atoms with Crippen LogP contribution in [0.1, 0.15) is 12.5 Å². The zero-order valence-electron chi connectivity index (χ0n) is 14.7. The van der Waals surface area contributed by atoms with Crippen molar-refractivity contribution in [2.45, 2.75) is 24.3 Å². The lowest BCUT2D eigenvalue weighted by Gasteiger charge is -2.14. The summed E-state index contributed by atoms with van der Waals surface area (Å²) in [5.74, 6) is 0.460. The molecule has 3 rings (SSSR count). The number of methoxy groups -OCH3 is 1. The number of ether oxygens (including phenoxy) is 1. The first-order valence-corrected chi connectivity index (χ1v) is 8.93. The molecule has 0 aliphatic heterocycles. The first-order chi connectivity index (χ1) is 12.6. The molecule has 0 bridgehead atoms. The van der Waals surface area contributed by atoms with Crippen molar-refractivity contribution < 1.29 is 9.53 Å². The van der Waals surface area contributed by atoms with Gasteiger partial charge in [-0.15, -0.1) is 5.10 Å². The molecule has 0 fully saturated rings. The standard InChI is InChI=1S/C18H19N5O2S/c1-12-8-4-6-10-15(12)23-18(20-21-22-23)26-13(2)17(24)19-14-9-5-7-11-16(14)25-3/h4-11,13H,1-3H3,(H,19,24). The van der Waals surface area contributed by atoms with Crippen molar-refractivity contribution in [1.29, 1.82) is 0 Å². The van der Waals surface area contributed by atoms with Gasteiger partial charge in [-0.2, -0.15) is 4.68 Å². The van der Waals surface area contributed by atoms with E-state index in [9.17, 15) is 4.79 Å². The zero-order chi connectivity index (χ0) is 18.5. The van der Waals surface area contributed by atoms with Crippen LogP contribution >= 0.6 is 11.8 Å². The van der Waals surface area contributed by atoms with Crippen LogP contribution in [0, 0.1) is 6.92 Å². The first-order valence-electron chi connectivity index (χ1n) is 8.05. The number of benzene rings is 2. The molecule has 0 radical (unpaired) electrons. The Morgan fingerprint density at radius 1 is 1.19 bits per heavy atom. The van der Waals surface area contributed by atoms with Crippen molar-refractivity contribution >= 4 is 23.4 Å². The zero-order valence-corrected chi connectivity index (χ0v) is 15.5. The Labute approximate surface area is 155 Å². The van der Waals surface area contributed by atoms with Crippen LogP contribution in [0.15, 0.2) is 53.7 Å². The molecule has 0 aliphatic rings. The molecule has 26 heavy (non-hydrogen) atoms. The molecule has 1 heterocycles. The van der Waals surface area contributed by atoms with Gasteiger partial charge in [0, 0.05) is 0 Å². The molecule has 0 saturated carbocycles. The lowest BCUT2D eigenvalue weighted by molar-refractivity contribution is -0.115. The van der Waals surface area contributed by atoms with E-state index in [1.165, 1.54) is 11.8 Å². The van der Waals surface area contributed by atoms with Crippen molar-refractivity contribution in [3.63, 3.8) is 0 Å². The maximum Gasteiger partial charge on any atom is 0.237 e. The molecule has 1 aromatic heterocycles. The Kier molecular flexibility index (Phi) is 5.52. The number of nitrogens with zero attached hydrogens (tertiary/aromatic N) is 4. The molecular weight excluding hydrogens is 350 g/mol. The second-order valence-electron chi connectivity index (χ2n) is 5.61. The molecule has 0 spiro atoms. The van der Waals surface area contributed by atoms with Crippen LogP contribution in [-0.2, 0) is 4.79 Å². The molecule has 1 unspecified atom stereocenters. The summed E-state index contributed by atoms with van der Waals surface area (Å²) in [6, 6.07) is 15.1. The number of rotatable bonds is 6. The highest BCUT2D eigenvalue weighted by molar-refractivity contribution is 8.00. The maximum absolute atomic E-state index is 12.6. The second kappa shape index (κ2) is 8.01. The Bertz CT molecular complexity index is 912. The van der Waals surface area contributed by atoms with Gasteiger partial charge in [-0.25, -0.2) is 0 Å². The number of anilines is 1. The summed E-state index contributed by atoms with van der Waals surface area (Å²) in [6.07, 6.45) is 0. The van der Waals surface area contributed by atoms with Crippen LogP contribution in [-0.4, -0.2) is 38.5 Å². The molecule has 2 aromatic carbocycles. The van der Waals surface area contributed by atoms with E-state index in [-0.39, 0.29) is 5.91 Å². The molecule has 0 saturated heterocycles. The number of nitrogens with one attached hydrogen (secondary N) is 1. The number of tetrazole rings is 1. The minimum atomic E-state index is -0.395. The third kappa shape index (κ3) is 3.85. The summed E-state index contributed by atoms with van der Waals surface area (Å²) in [7, 11) is 1.57. The van der Waals surface area contributed by atoms with E-state index < -0.39 is 5.25 Å². The number of carbonyl (C=O) groups excluding carboxylic acids is 1. The minimum Gasteiger partial charge on any atom is -0.495 e. The number of carbonyl (C=O) groups is 1. The Balaban J connectivity index is 1.75. The highest BCUT2D eigenvalue weighted by Gasteiger charge is 2.20. The van der Waals surface area contributed by atoms with Crippen molar-refractivity contribution in [2.75, 3.05) is 12.4 Å². The molecule has 8 heteroatoms. The van der Waals surface area contributed by atoms with E-state index in [0.29, 0.717) is 16.6 Å². The van der Waals surface area contributed by atoms with Crippen molar-refractivity contribution in [3.8, 4) is 11.4 Å². The van der Waals surface area contributed by atoms with Gasteiger partial charge in [0.15, 0.2) is 0 Å². The molecule has 134 valence electrons. The van der Waals surface area contributed by atoms with Crippen molar-refractivity contribution in [1.82, 2.24) is 20.2 Å². The van der Waals surface area contributed by atoms with E-state index in [2.05, 4.69) is 20.8 Å². The highest BCUT2D eigenvalue weighted by Crippen LogP contribution is 2.27. The van der Waals surface area contributed by atoms with Crippen LogP contribution in [0.25, 0.3) is 5.69 Å². The minimum absolute atomic E-state index is 0.154. The van der Waals surface area contributed by atoms with E-state index in [4.69, 9.17) is 4.74 Å². The summed E-state index contributed by atoms with van der Waals surface area (Å²) in [5.41, 5.74) is 2.57. The van der Waals surface area contributed by atoms with Gasteiger partial charge in [-0.3, -0.25) is 4.79 Å². The molecule has 1 atom stereocenters. The van der Waals surface area contributed by atoms with Crippen LogP contribution in [0.3, 0.4) is 0 Å². The molecule has 7 nitrogen and oxygen atoms in total. The fourth-order valence-electron chi connectivity index (χ4n) is 2.40. The number of thioether (sulfide) groups is 1. The predicted octanol–water partition coefficient (Wildman–Crippen LogP) is 3.10. The second-order valence-corrected chi connectivity index (χ2v) is 6.92. The Hall–Kier alpha value is -2.87. The lowest BCUT2D eigenvalue weighted by Crippen LogP contribution is -2.23. The SMILES string of the molecule is COc1ccccc1NC(=O)C(C)Sc1nnnn1-c1ccccc1C. The van der Waals surface area contributed by atoms with Gasteiger partial charge in [0.05, 0.1) is 23.7 Å². The fraction of sp³-hybridized carbons (Fsp3) is 0.222. The van der Waals surface area contributed by atoms with Gasteiger partial charge in [-0.1, -0.05) is 42.1 Å². The van der Waals surface area contributed by atoms with Gasteiger partial charge in [0.1, 0.15) is 5.75 Å². The van der Waals surface area contributed by atoms with Crippen LogP contribution < -0.4 is 10.1 Å². The largest absolute Gasteiger partial charge is 0.495 e. The summed E-state index contributed by atoms with van der Waals surface area (Å²) in [5, 5.41) is 14.9. The van der Waals surface area contributed by atoms with Gasteiger partial charge < -0.3 is 10.1 Å². The smallest absolute Gasteiger partial charge is 0.237 e. The number of para-hydroxylation sites is 3. The number of amides is 1. The molecule has 1 N–H and O–H groups in total. The number of aryl methyl sites for hydroxylation is 1. The third-order valence-corrected chi connectivity index (χ3v) is 4.83. The molecule has 1 amide bonds. The third-order valence-electron chi connectivity index (χ3n) is 3.80. The summed E-state index contributed by atoms with van der Waals surface area (Å²) >= 11 is 1.30. The van der Waals surface area contributed by atoms with Crippen molar-refractivity contribution in [3.05, 3.63) is 54.1 Å². The molecule has 3 aromatic rings. The normalized spacial score (nSPS) is 11.8. The quantitative estimate of drug-likeness (QED) is 0.673. The monoisotopic (exact) mass is 369 g/mol. The number of hydrogen-bond acceptors (Lipinski definition) is 6. The van der Waals surface area contributed by atoms with Gasteiger partial charge in [-0.05, 0) is 48.0 Å². The van der Waals surface area contributed by atoms with E-state index in [1.807, 2.05) is 50.2 Å². The average Bonchev–Trinajstić information content (AvgIpc) is 3.10. The predicted molar refractivity (Wildman–Crippen MR) is 101 cm³/mol. The van der Waals surface area contributed by atoms with Crippen molar-refractivity contribution in [2.24, 2.45) is 0 Å². The van der Waals surface area contributed by atoms with Gasteiger partial charge >= 0.3 is 0 Å². The number of aromatic nitrogens is 4. The summed E-state index contributed by atoms with van der Waals surface area (Å²) < 4.78 is 6.91. The first kappa shape index (κ1) is 17.9. The topological polar surface area (TPSA) is 81.9 Å².